The molecule has 19 heavy (non-hydrogen) atoms. The number of hydrogen-bond donors (Lipinski definition) is 0. The van der Waals surface area contributed by atoms with Crippen molar-refractivity contribution in [3.05, 3.63) is 42.0 Å². The molecule has 0 aliphatic rings. The molecule has 100 valence electrons. The van der Waals surface area contributed by atoms with Crippen LogP contribution in [0, 0.1) is 0 Å². The molecule has 0 saturated carbocycles. The third kappa shape index (κ3) is 3.05. The van der Waals surface area contributed by atoms with Gasteiger partial charge in [-0.1, -0.05) is 30.3 Å². The fraction of sp³-hybridized carbons (Fsp3) is 0.312. The molecule has 0 heterocycles. The lowest BCUT2D eigenvalue weighted by Gasteiger charge is -2.10. The molecule has 0 fully saturated rings. The molecule has 0 radical (unpaired) electrons. The van der Waals surface area contributed by atoms with Gasteiger partial charge in [0.25, 0.3) is 0 Å². The Balaban J connectivity index is 2.22. The van der Waals surface area contributed by atoms with Crippen LogP contribution in [0.2, 0.25) is 0 Å². The van der Waals surface area contributed by atoms with Gasteiger partial charge in [0.2, 0.25) is 0 Å². The Bertz CT molecular complexity index is 575. The number of aryl methyl sites for hydroxylation is 1. The van der Waals surface area contributed by atoms with Crippen LogP contribution in [0.15, 0.2) is 36.4 Å². The zero-order valence-corrected chi connectivity index (χ0v) is 11.3. The van der Waals surface area contributed by atoms with Crippen LogP contribution in [0.25, 0.3) is 10.8 Å². The summed E-state index contributed by atoms with van der Waals surface area (Å²) in [6.45, 7) is 0. The van der Waals surface area contributed by atoms with Crippen molar-refractivity contribution in [1.29, 1.82) is 0 Å². The average molecular weight is 258 g/mol. The van der Waals surface area contributed by atoms with Crippen LogP contribution < -0.4 is 4.74 Å². The fourth-order valence-electron chi connectivity index (χ4n) is 2.26. The van der Waals surface area contributed by atoms with Crippen LogP contribution in [-0.4, -0.2) is 20.2 Å². The minimum Gasteiger partial charge on any atom is -0.496 e. The monoisotopic (exact) mass is 258 g/mol. The predicted molar refractivity (Wildman–Crippen MR) is 75.5 cm³/mol. The topological polar surface area (TPSA) is 35.5 Å². The van der Waals surface area contributed by atoms with Gasteiger partial charge >= 0.3 is 5.97 Å². The van der Waals surface area contributed by atoms with E-state index in [0.717, 1.165) is 24.0 Å². The molecule has 2 aromatic rings. The van der Waals surface area contributed by atoms with Crippen molar-refractivity contribution >= 4 is 16.7 Å². The fourth-order valence-corrected chi connectivity index (χ4v) is 2.26. The quantitative estimate of drug-likeness (QED) is 0.771. The number of carbonyl (C=O) groups excluding carboxylic acids is 1. The van der Waals surface area contributed by atoms with Crippen LogP contribution in [0.5, 0.6) is 5.75 Å². The molecule has 3 heteroatoms. The van der Waals surface area contributed by atoms with Gasteiger partial charge in [0.05, 0.1) is 14.2 Å². The maximum atomic E-state index is 11.1. The molecule has 0 N–H and O–H groups in total. The molecule has 0 saturated heterocycles. The molecule has 0 amide bonds. The van der Waals surface area contributed by atoms with E-state index in [-0.39, 0.29) is 5.97 Å². The van der Waals surface area contributed by atoms with Crippen LogP contribution in [0.3, 0.4) is 0 Å². The largest absolute Gasteiger partial charge is 0.496 e. The molecule has 0 aliphatic heterocycles. The summed E-state index contributed by atoms with van der Waals surface area (Å²) in [5.74, 6) is 0.727. The van der Waals surface area contributed by atoms with Crippen molar-refractivity contribution < 1.29 is 14.3 Å². The lowest BCUT2D eigenvalue weighted by molar-refractivity contribution is -0.140. The number of fused-ring (bicyclic) bond motifs is 1. The van der Waals surface area contributed by atoms with Gasteiger partial charge in [-0.3, -0.25) is 4.79 Å². The summed E-state index contributed by atoms with van der Waals surface area (Å²) in [7, 11) is 3.10. The predicted octanol–water partition coefficient (Wildman–Crippen LogP) is 3.34. The lowest BCUT2D eigenvalue weighted by Crippen LogP contribution is -2.00. The SMILES string of the molecule is COC(=O)CCCc1ccc(OC)c2ccccc12. The highest BCUT2D eigenvalue weighted by Gasteiger charge is 2.07. The summed E-state index contributed by atoms with van der Waals surface area (Å²) in [6, 6.07) is 12.2. The zero-order valence-electron chi connectivity index (χ0n) is 11.3. The second-order valence-corrected chi connectivity index (χ2v) is 4.40. The van der Waals surface area contributed by atoms with Crippen molar-refractivity contribution in [1.82, 2.24) is 0 Å². The Hall–Kier alpha value is -2.03. The number of benzene rings is 2. The number of ether oxygens (including phenoxy) is 2. The number of esters is 1. The highest BCUT2D eigenvalue weighted by Crippen LogP contribution is 2.29. The molecule has 2 aromatic carbocycles. The van der Waals surface area contributed by atoms with E-state index in [0.29, 0.717) is 6.42 Å². The van der Waals surface area contributed by atoms with E-state index in [4.69, 9.17) is 4.74 Å². The number of carbonyl (C=O) groups is 1. The first-order valence-electron chi connectivity index (χ1n) is 6.37. The van der Waals surface area contributed by atoms with Crippen molar-refractivity contribution in [2.24, 2.45) is 0 Å². The van der Waals surface area contributed by atoms with Crippen LogP contribution in [-0.2, 0) is 16.0 Å². The minimum absolute atomic E-state index is 0.155. The molecular weight excluding hydrogens is 240 g/mol. The third-order valence-electron chi connectivity index (χ3n) is 3.25. The molecule has 3 nitrogen and oxygen atoms in total. The van der Waals surface area contributed by atoms with Gasteiger partial charge in [-0.05, 0) is 29.9 Å². The lowest BCUT2D eigenvalue weighted by atomic mass is 9.99. The first kappa shape index (κ1) is 13.4. The average Bonchev–Trinajstić information content (AvgIpc) is 2.47. The number of hydrogen-bond acceptors (Lipinski definition) is 3. The molecule has 0 aliphatic carbocycles. The van der Waals surface area contributed by atoms with E-state index in [1.165, 1.54) is 18.1 Å². The van der Waals surface area contributed by atoms with Crippen LogP contribution in [0.1, 0.15) is 18.4 Å². The summed E-state index contributed by atoms with van der Waals surface area (Å²) in [5.41, 5.74) is 1.24. The molecule has 0 bridgehead atoms. The highest BCUT2D eigenvalue weighted by molar-refractivity contribution is 5.91. The summed E-state index contributed by atoms with van der Waals surface area (Å²) >= 11 is 0. The molecule has 0 spiro atoms. The molecule has 0 atom stereocenters. The molecular formula is C16H18O3. The third-order valence-corrected chi connectivity index (χ3v) is 3.25. The number of methoxy groups -OCH3 is 2. The van der Waals surface area contributed by atoms with Gasteiger partial charge in [0.15, 0.2) is 0 Å². The van der Waals surface area contributed by atoms with E-state index in [2.05, 4.69) is 22.9 Å². The first-order chi connectivity index (χ1) is 9.26. The van der Waals surface area contributed by atoms with E-state index in [1.54, 1.807) is 7.11 Å². The Kier molecular flexibility index (Phi) is 4.39. The van der Waals surface area contributed by atoms with Gasteiger partial charge in [0, 0.05) is 11.8 Å². The zero-order chi connectivity index (χ0) is 13.7. The Morgan fingerprint density at radius 2 is 1.79 bits per heavy atom. The van der Waals surface area contributed by atoms with Crippen molar-refractivity contribution in [3.63, 3.8) is 0 Å². The Morgan fingerprint density at radius 1 is 1.05 bits per heavy atom. The van der Waals surface area contributed by atoms with Gasteiger partial charge in [-0.25, -0.2) is 0 Å². The highest BCUT2D eigenvalue weighted by atomic mass is 16.5. The standard InChI is InChI=1S/C16H18O3/c1-18-15-11-10-12(6-5-9-16(17)19-2)13-7-3-4-8-14(13)15/h3-4,7-8,10-11H,5-6,9H2,1-2H3. The van der Waals surface area contributed by atoms with Crippen molar-refractivity contribution in [2.45, 2.75) is 19.3 Å². The summed E-state index contributed by atoms with van der Waals surface area (Å²) in [6.07, 6.45) is 2.11. The molecule has 0 aromatic heterocycles. The maximum absolute atomic E-state index is 11.1. The van der Waals surface area contributed by atoms with Crippen LogP contribution >= 0.6 is 0 Å². The van der Waals surface area contributed by atoms with E-state index < -0.39 is 0 Å². The van der Waals surface area contributed by atoms with Gasteiger partial charge in [-0.15, -0.1) is 0 Å². The van der Waals surface area contributed by atoms with Gasteiger partial charge in [0.1, 0.15) is 5.75 Å². The summed E-state index contributed by atoms with van der Waals surface area (Å²) in [5, 5.41) is 2.30. The van der Waals surface area contributed by atoms with Crippen molar-refractivity contribution in [3.8, 4) is 5.75 Å². The molecule has 2 rings (SSSR count). The Morgan fingerprint density at radius 3 is 2.47 bits per heavy atom. The summed E-state index contributed by atoms with van der Waals surface area (Å²) in [4.78, 5) is 11.1. The second-order valence-electron chi connectivity index (χ2n) is 4.40. The molecule has 0 unspecified atom stereocenters. The smallest absolute Gasteiger partial charge is 0.305 e. The van der Waals surface area contributed by atoms with E-state index >= 15 is 0 Å². The second kappa shape index (κ2) is 6.23. The minimum atomic E-state index is -0.155. The van der Waals surface area contributed by atoms with E-state index in [9.17, 15) is 4.79 Å². The summed E-state index contributed by atoms with van der Waals surface area (Å²) < 4.78 is 10.0. The van der Waals surface area contributed by atoms with Gasteiger partial charge < -0.3 is 9.47 Å². The normalized spacial score (nSPS) is 10.4. The first-order valence-corrected chi connectivity index (χ1v) is 6.37. The van der Waals surface area contributed by atoms with Gasteiger partial charge in [-0.2, -0.15) is 0 Å². The van der Waals surface area contributed by atoms with Crippen molar-refractivity contribution in [2.75, 3.05) is 14.2 Å². The maximum Gasteiger partial charge on any atom is 0.305 e. The Labute approximate surface area is 113 Å². The van der Waals surface area contributed by atoms with E-state index in [1.807, 2.05) is 18.2 Å². The number of rotatable bonds is 5. The van der Waals surface area contributed by atoms with Crippen LogP contribution in [0.4, 0.5) is 0 Å².